The lowest BCUT2D eigenvalue weighted by Crippen LogP contribution is -2.35. The van der Waals surface area contributed by atoms with Gasteiger partial charge in [-0.2, -0.15) is 0 Å². The number of rotatable bonds is 5. The standard InChI is InChI=1S/C16H16ClIN2S/c17-14-6-4-12(5-7-14)8-9-19-16(21)20-11-13-2-1-3-15(18)10-13/h1-7,10H,8-9,11H2,(H2,19,20,21). The molecule has 0 radical (unpaired) electrons. The predicted molar refractivity (Wildman–Crippen MR) is 102 cm³/mol. The fraction of sp³-hybridized carbons (Fsp3) is 0.188. The number of halogens is 2. The van der Waals surface area contributed by atoms with Crippen molar-refractivity contribution in [3.8, 4) is 0 Å². The Bertz CT molecular complexity index is 601. The van der Waals surface area contributed by atoms with Crippen LogP contribution in [0.15, 0.2) is 48.5 Å². The van der Waals surface area contributed by atoms with E-state index in [0.717, 1.165) is 24.5 Å². The van der Waals surface area contributed by atoms with Crippen LogP contribution in [-0.2, 0) is 13.0 Å². The first-order valence-corrected chi connectivity index (χ1v) is 8.50. The third-order valence-corrected chi connectivity index (χ3v) is 4.17. The Morgan fingerprint density at radius 1 is 1.05 bits per heavy atom. The number of benzene rings is 2. The molecule has 0 aromatic heterocycles. The van der Waals surface area contributed by atoms with Gasteiger partial charge in [0.2, 0.25) is 0 Å². The minimum atomic E-state index is 0.683. The van der Waals surface area contributed by atoms with Gasteiger partial charge >= 0.3 is 0 Å². The second-order valence-corrected chi connectivity index (χ2v) is 6.71. The van der Waals surface area contributed by atoms with Crippen LogP contribution in [0.1, 0.15) is 11.1 Å². The molecule has 0 spiro atoms. The molecule has 2 rings (SSSR count). The molecule has 2 aromatic carbocycles. The topological polar surface area (TPSA) is 24.1 Å². The van der Waals surface area contributed by atoms with E-state index in [1.807, 2.05) is 24.3 Å². The van der Waals surface area contributed by atoms with Gasteiger partial charge in [0.1, 0.15) is 0 Å². The molecule has 0 unspecified atom stereocenters. The van der Waals surface area contributed by atoms with E-state index in [1.54, 1.807) is 0 Å². The molecule has 0 saturated carbocycles. The van der Waals surface area contributed by atoms with E-state index >= 15 is 0 Å². The minimum absolute atomic E-state index is 0.683. The molecule has 0 heterocycles. The highest BCUT2D eigenvalue weighted by molar-refractivity contribution is 14.1. The van der Waals surface area contributed by atoms with E-state index in [9.17, 15) is 0 Å². The molecule has 0 atom stereocenters. The number of thiocarbonyl (C=S) groups is 1. The fourth-order valence-corrected chi connectivity index (χ4v) is 2.77. The molecule has 21 heavy (non-hydrogen) atoms. The molecule has 0 aliphatic rings. The van der Waals surface area contributed by atoms with E-state index in [4.69, 9.17) is 23.8 Å². The highest BCUT2D eigenvalue weighted by atomic mass is 127. The van der Waals surface area contributed by atoms with E-state index in [-0.39, 0.29) is 0 Å². The number of hydrogen-bond donors (Lipinski definition) is 2. The van der Waals surface area contributed by atoms with Gasteiger partial charge in [-0.3, -0.25) is 0 Å². The van der Waals surface area contributed by atoms with Crippen LogP contribution in [0.4, 0.5) is 0 Å². The highest BCUT2D eigenvalue weighted by Crippen LogP contribution is 2.09. The molecule has 0 fully saturated rings. The zero-order chi connectivity index (χ0) is 15.1. The summed E-state index contributed by atoms with van der Waals surface area (Å²) in [5, 5.41) is 7.88. The first-order valence-electron chi connectivity index (χ1n) is 6.64. The molecule has 0 saturated heterocycles. The average molecular weight is 431 g/mol. The van der Waals surface area contributed by atoms with E-state index in [1.165, 1.54) is 14.7 Å². The van der Waals surface area contributed by atoms with E-state index in [0.29, 0.717) is 5.11 Å². The number of hydrogen-bond acceptors (Lipinski definition) is 1. The van der Waals surface area contributed by atoms with Crippen LogP contribution in [0.3, 0.4) is 0 Å². The van der Waals surface area contributed by atoms with Crippen LogP contribution in [-0.4, -0.2) is 11.7 Å². The van der Waals surface area contributed by atoms with Crippen LogP contribution >= 0.6 is 46.4 Å². The Morgan fingerprint density at radius 2 is 1.81 bits per heavy atom. The number of nitrogens with one attached hydrogen (secondary N) is 2. The van der Waals surface area contributed by atoms with E-state index < -0.39 is 0 Å². The summed E-state index contributed by atoms with van der Waals surface area (Å²) in [6.45, 7) is 1.55. The van der Waals surface area contributed by atoms with Crippen molar-refractivity contribution in [2.45, 2.75) is 13.0 Å². The quantitative estimate of drug-likeness (QED) is 0.550. The molecule has 110 valence electrons. The molecular weight excluding hydrogens is 415 g/mol. The predicted octanol–water partition coefficient (Wildman–Crippen LogP) is 4.15. The average Bonchev–Trinajstić information content (AvgIpc) is 2.47. The molecular formula is C16H16ClIN2S. The SMILES string of the molecule is S=C(NCCc1ccc(Cl)cc1)NCc1cccc(I)c1. The second kappa shape index (κ2) is 8.56. The maximum atomic E-state index is 5.86. The van der Waals surface area contributed by atoms with Crippen molar-refractivity contribution >= 4 is 51.5 Å². The summed E-state index contributed by atoms with van der Waals surface area (Å²) in [6.07, 6.45) is 0.919. The Balaban J connectivity index is 1.69. The van der Waals surface area contributed by atoms with Crippen molar-refractivity contribution in [1.82, 2.24) is 10.6 Å². The zero-order valence-corrected chi connectivity index (χ0v) is 15.1. The molecule has 2 N–H and O–H groups in total. The monoisotopic (exact) mass is 430 g/mol. The van der Waals surface area contributed by atoms with Gasteiger partial charge in [0.05, 0.1) is 0 Å². The smallest absolute Gasteiger partial charge is 0.166 e. The summed E-state index contributed by atoms with van der Waals surface area (Å²) in [5.74, 6) is 0. The van der Waals surface area contributed by atoms with Crippen molar-refractivity contribution < 1.29 is 0 Å². The zero-order valence-electron chi connectivity index (χ0n) is 11.4. The van der Waals surface area contributed by atoms with Gasteiger partial charge in [0.15, 0.2) is 5.11 Å². The summed E-state index contributed by atoms with van der Waals surface area (Å²) in [7, 11) is 0. The van der Waals surface area contributed by atoms with Crippen molar-refractivity contribution in [1.29, 1.82) is 0 Å². The lowest BCUT2D eigenvalue weighted by molar-refractivity contribution is 0.814. The molecule has 2 nitrogen and oxygen atoms in total. The summed E-state index contributed by atoms with van der Waals surface area (Å²) < 4.78 is 1.23. The molecule has 0 aliphatic carbocycles. The summed E-state index contributed by atoms with van der Waals surface area (Å²) in [5.41, 5.74) is 2.47. The first kappa shape index (κ1) is 16.5. The first-order chi connectivity index (χ1) is 10.1. The maximum absolute atomic E-state index is 5.86. The molecule has 2 aromatic rings. The van der Waals surface area contributed by atoms with Gasteiger partial charge in [-0.1, -0.05) is 35.9 Å². The van der Waals surface area contributed by atoms with Gasteiger partial charge in [-0.25, -0.2) is 0 Å². The largest absolute Gasteiger partial charge is 0.362 e. The maximum Gasteiger partial charge on any atom is 0.166 e. The van der Waals surface area contributed by atoms with Crippen LogP contribution in [0.5, 0.6) is 0 Å². The Hall–Kier alpha value is -0.850. The Labute approximate surface area is 149 Å². The van der Waals surface area contributed by atoms with Crippen molar-refractivity contribution in [2.75, 3.05) is 6.54 Å². The molecule has 0 bridgehead atoms. The van der Waals surface area contributed by atoms with Crippen molar-refractivity contribution in [3.05, 3.63) is 68.3 Å². The summed E-state index contributed by atoms with van der Waals surface area (Å²) >= 11 is 13.4. The fourth-order valence-electron chi connectivity index (χ4n) is 1.86. The molecule has 0 amide bonds. The highest BCUT2D eigenvalue weighted by Gasteiger charge is 1.98. The van der Waals surface area contributed by atoms with Crippen LogP contribution in [0.2, 0.25) is 5.02 Å². The van der Waals surface area contributed by atoms with Crippen LogP contribution in [0.25, 0.3) is 0 Å². The summed E-state index contributed by atoms with van der Waals surface area (Å²) in [4.78, 5) is 0. The second-order valence-electron chi connectivity index (χ2n) is 4.62. The molecule has 5 heteroatoms. The van der Waals surface area contributed by atoms with Gasteiger partial charge in [0, 0.05) is 21.7 Å². The molecule has 0 aliphatic heterocycles. The lowest BCUT2D eigenvalue weighted by atomic mass is 10.1. The summed E-state index contributed by atoms with van der Waals surface area (Å²) in [6, 6.07) is 16.2. The van der Waals surface area contributed by atoms with Gasteiger partial charge in [-0.15, -0.1) is 0 Å². The Kier molecular flexibility index (Phi) is 6.73. The normalized spacial score (nSPS) is 10.2. The lowest BCUT2D eigenvalue weighted by Gasteiger charge is -2.11. The van der Waals surface area contributed by atoms with Gasteiger partial charge in [-0.05, 0) is 76.6 Å². The van der Waals surface area contributed by atoms with Crippen LogP contribution < -0.4 is 10.6 Å². The Morgan fingerprint density at radius 3 is 2.52 bits per heavy atom. The van der Waals surface area contributed by atoms with E-state index in [2.05, 4.69) is 57.5 Å². The van der Waals surface area contributed by atoms with Crippen molar-refractivity contribution in [3.63, 3.8) is 0 Å². The van der Waals surface area contributed by atoms with Crippen molar-refractivity contribution in [2.24, 2.45) is 0 Å². The minimum Gasteiger partial charge on any atom is -0.362 e. The van der Waals surface area contributed by atoms with Crippen LogP contribution in [0, 0.1) is 3.57 Å². The van der Waals surface area contributed by atoms with Gasteiger partial charge in [0.25, 0.3) is 0 Å². The third kappa shape index (κ3) is 6.20. The van der Waals surface area contributed by atoms with Gasteiger partial charge < -0.3 is 10.6 Å². The third-order valence-electron chi connectivity index (χ3n) is 2.95.